The molecule has 2 aromatic rings. The van der Waals surface area contributed by atoms with Crippen molar-refractivity contribution in [2.24, 2.45) is 0 Å². The molecule has 0 aliphatic carbocycles. The van der Waals surface area contributed by atoms with E-state index in [1.807, 2.05) is 0 Å². The Bertz CT molecular complexity index is 741. The molecule has 0 fully saturated rings. The summed E-state index contributed by atoms with van der Waals surface area (Å²) in [5.74, 6) is -1.73. The lowest BCUT2D eigenvalue weighted by Crippen LogP contribution is -2.01. The van der Waals surface area contributed by atoms with Gasteiger partial charge in [-0.3, -0.25) is 0 Å². The number of nitrogen functional groups attached to an aromatic ring is 1. The Kier molecular flexibility index (Phi) is 3.96. The van der Waals surface area contributed by atoms with Crippen molar-refractivity contribution in [1.82, 2.24) is 4.98 Å². The summed E-state index contributed by atoms with van der Waals surface area (Å²) >= 11 is 0.607. The highest BCUT2D eigenvalue weighted by Gasteiger charge is 2.19. The average molecular weight is 316 g/mol. The second kappa shape index (κ2) is 5.37. The first kappa shape index (κ1) is 14.7. The summed E-state index contributed by atoms with van der Waals surface area (Å²) in [6.45, 7) is 0. The second-order valence-electron chi connectivity index (χ2n) is 3.99. The van der Waals surface area contributed by atoms with Crippen LogP contribution >= 0.6 is 11.8 Å². The van der Waals surface area contributed by atoms with Crippen molar-refractivity contribution in [3.05, 3.63) is 42.1 Å². The fourth-order valence-electron chi connectivity index (χ4n) is 1.51. The largest absolute Gasteiger partial charge is 0.399 e. The van der Waals surface area contributed by atoms with Gasteiger partial charge < -0.3 is 5.73 Å². The van der Waals surface area contributed by atoms with E-state index in [4.69, 9.17) is 5.73 Å². The van der Waals surface area contributed by atoms with E-state index < -0.39 is 21.5 Å². The van der Waals surface area contributed by atoms with Gasteiger partial charge in [0.2, 0.25) is 0 Å². The Hall–Kier alpha value is -1.67. The van der Waals surface area contributed by atoms with Gasteiger partial charge in [0.05, 0.1) is 9.79 Å². The number of benzene rings is 1. The van der Waals surface area contributed by atoms with Crippen LogP contribution in [0.4, 0.5) is 14.5 Å². The van der Waals surface area contributed by atoms with Gasteiger partial charge in [-0.25, -0.2) is 22.2 Å². The van der Waals surface area contributed by atoms with Gasteiger partial charge in [-0.15, -0.1) is 0 Å². The topological polar surface area (TPSA) is 73.0 Å². The molecule has 0 saturated heterocycles. The SMILES string of the molecule is CS(=O)(=O)c1cccnc1Sc1c(F)cc(N)cc1F. The van der Waals surface area contributed by atoms with E-state index in [-0.39, 0.29) is 20.5 Å². The summed E-state index contributed by atoms with van der Waals surface area (Å²) in [6, 6.07) is 4.71. The van der Waals surface area contributed by atoms with Gasteiger partial charge in [-0.05, 0) is 24.3 Å². The van der Waals surface area contributed by atoms with E-state index in [0.717, 1.165) is 18.4 Å². The molecule has 2 rings (SSSR count). The van der Waals surface area contributed by atoms with E-state index in [1.54, 1.807) is 0 Å². The van der Waals surface area contributed by atoms with Crippen molar-refractivity contribution in [3.63, 3.8) is 0 Å². The molecule has 1 aromatic heterocycles. The minimum Gasteiger partial charge on any atom is -0.399 e. The first-order chi connectivity index (χ1) is 9.29. The molecule has 0 spiro atoms. The summed E-state index contributed by atoms with van der Waals surface area (Å²) in [5.41, 5.74) is 5.27. The van der Waals surface area contributed by atoms with Crippen LogP contribution in [-0.4, -0.2) is 19.7 Å². The third kappa shape index (κ3) is 3.07. The molecular weight excluding hydrogens is 306 g/mol. The first-order valence-electron chi connectivity index (χ1n) is 5.36. The van der Waals surface area contributed by atoms with Gasteiger partial charge in [0.1, 0.15) is 16.7 Å². The number of pyridine rings is 1. The zero-order valence-corrected chi connectivity index (χ0v) is 11.9. The van der Waals surface area contributed by atoms with Gasteiger partial charge in [0.25, 0.3) is 0 Å². The molecule has 0 radical (unpaired) electrons. The van der Waals surface area contributed by atoms with Crippen molar-refractivity contribution < 1.29 is 17.2 Å². The summed E-state index contributed by atoms with van der Waals surface area (Å²) in [6.07, 6.45) is 2.36. The van der Waals surface area contributed by atoms with Crippen molar-refractivity contribution in [2.75, 3.05) is 12.0 Å². The maximum Gasteiger partial charge on any atom is 0.178 e. The quantitative estimate of drug-likeness (QED) is 0.881. The third-order valence-electron chi connectivity index (χ3n) is 2.36. The first-order valence-corrected chi connectivity index (χ1v) is 8.07. The number of anilines is 1. The molecular formula is C12H10F2N2O2S2. The molecule has 0 amide bonds. The fraction of sp³-hybridized carbons (Fsp3) is 0.0833. The Balaban J connectivity index is 2.52. The summed E-state index contributed by atoms with van der Waals surface area (Å²) < 4.78 is 50.6. The van der Waals surface area contributed by atoms with E-state index in [9.17, 15) is 17.2 Å². The van der Waals surface area contributed by atoms with Crippen LogP contribution in [0.25, 0.3) is 0 Å². The lowest BCUT2D eigenvalue weighted by Gasteiger charge is -2.08. The predicted octanol–water partition coefficient (Wildman–Crippen LogP) is 2.50. The van der Waals surface area contributed by atoms with E-state index in [0.29, 0.717) is 11.8 Å². The van der Waals surface area contributed by atoms with Gasteiger partial charge in [0.15, 0.2) is 9.84 Å². The van der Waals surface area contributed by atoms with Crippen molar-refractivity contribution in [2.45, 2.75) is 14.8 Å². The highest BCUT2D eigenvalue weighted by molar-refractivity contribution is 8.00. The summed E-state index contributed by atoms with van der Waals surface area (Å²) in [5, 5.41) is 0.0116. The zero-order chi connectivity index (χ0) is 14.9. The lowest BCUT2D eigenvalue weighted by atomic mass is 10.3. The second-order valence-corrected chi connectivity index (χ2v) is 6.98. The molecule has 2 N–H and O–H groups in total. The van der Waals surface area contributed by atoms with Gasteiger partial charge >= 0.3 is 0 Å². The Morgan fingerprint density at radius 3 is 2.40 bits per heavy atom. The molecule has 0 bridgehead atoms. The number of halogens is 2. The standard InChI is InChI=1S/C12H10F2N2O2S2/c1-20(17,18)10-3-2-4-16-12(10)19-11-8(13)5-7(15)6-9(11)14/h2-6H,15H2,1H3. The lowest BCUT2D eigenvalue weighted by molar-refractivity contribution is 0.541. The number of rotatable bonds is 3. The molecule has 0 atom stereocenters. The smallest absolute Gasteiger partial charge is 0.178 e. The Morgan fingerprint density at radius 2 is 1.85 bits per heavy atom. The molecule has 0 unspecified atom stereocenters. The number of sulfone groups is 1. The molecule has 20 heavy (non-hydrogen) atoms. The van der Waals surface area contributed by atoms with E-state index in [2.05, 4.69) is 4.98 Å². The van der Waals surface area contributed by atoms with Crippen LogP contribution in [0.3, 0.4) is 0 Å². The highest BCUT2D eigenvalue weighted by atomic mass is 32.2. The fourth-order valence-corrected chi connectivity index (χ4v) is 3.57. The van der Waals surface area contributed by atoms with Gasteiger partial charge in [-0.1, -0.05) is 11.8 Å². The van der Waals surface area contributed by atoms with Crippen LogP contribution in [0, 0.1) is 11.6 Å². The summed E-state index contributed by atoms with van der Waals surface area (Å²) in [4.78, 5) is 3.44. The maximum absolute atomic E-state index is 13.7. The molecule has 1 heterocycles. The van der Waals surface area contributed by atoms with Crippen LogP contribution in [-0.2, 0) is 9.84 Å². The molecule has 0 aliphatic rings. The van der Waals surface area contributed by atoms with Crippen molar-refractivity contribution in [3.8, 4) is 0 Å². The third-order valence-corrected chi connectivity index (χ3v) is 4.73. The molecule has 106 valence electrons. The zero-order valence-electron chi connectivity index (χ0n) is 10.3. The van der Waals surface area contributed by atoms with Gasteiger partial charge in [0, 0.05) is 18.1 Å². The molecule has 0 aliphatic heterocycles. The van der Waals surface area contributed by atoms with E-state index in [1.165, 1.54) is 18.3 Å². The predicted molar refractivity (Wildman–Crippen MR) is 72.2 cm³/mol. The van der Waals surface area contributed by atoms with Crippen LogP contribution in [0.1, 0.15) is 0 Å². The number of nitrogens with two attached hydrogens (primary N) is 1. The molecule has 0 saturated carbocycles. The van der Waals surface area contributed by atoms with Crippen LogP contribution in [0.5, 0.6) is 0 Å². The van der Waals surface area contributed by atoms with E-state index >= 15 is 0 Å². The van der Waals surface area contributed by atoms with Crippen LogP contribution in [0.2, 0.25) is 0 Å². The molecule has 4 nitrogen and oxygen atoms in total. The normalized spacial score (nSPS) is 11.6. The number of nitrogens with zero attached hydrogens (tertiary/aromatic N) is 1. The highest BCUT2D eigenvalue weighted by Crippen LogP contribution is 2.35. The van der Waals surface area contributed by atoms with Gasteiger partial charge in [-0.2, -0.15) is 0 Å². The van der Waals surface area contributed by atoms with Crippen LogP contribution < -0.4 is 5.73 Å². The van der Waals surface area contributed by atoms with Crippen molar-refractivity contribution >= 4 is 27.3 Å². The minimum atomic E-state index is -3.54. The van der Waals surface area contributed by atoms with Crippen LogP contribution in [0.15, 0.2) is 45.3 Å². The Labute approximate surface area is 118 Å². The Morgan fingerprint density at radius 1 is 1.25 bits per heavy atom. The van der Waals surface area contributed by atoms with Crippen molar-refractivity contribution in [1.29, 1.82) is 0 Å². The maximum atomic E-state index is 13.7. The number of hydrogen-bond acceptors (Lipinski definition) is 5. The minimum absolute atomic E-state index is 0.0116. The molecule has 1 aromatic carbocycles. The average Bonchev–Trinajstić information content (AvgIpc) is 2.33. The number of hydrogen-bond donors (Lipinski definition) is 1. The summed E-state index contributed by atoms with van der Waals surface area (Å²) in [7, 11) is -3.54. The molecule has 8 heteroatoms. The number of aromatic nitrogens is 1. The monoisotopic (exact) mass is 316 g/mol.